The van der Waals surface area contributed by atoms with Crippen LogP contribution in [0.5, 0.6) is 0 Å². The predicted octanol–water partition coefficient (Wildman–Crippen LogP) is 2.08. The van der Waals surface area contributed by atoms with E-state index in [0.29, 0.717) is 16.9 Å². The molecule has 0 N–H and O–H groups in total. The van der Waals surface area contributed by atoms with Gasteiger partial charge in [-0.1, -0.05) is 11.8 Å². The largest absolute Gasteiger partial charge is 0.461 e. The Bertz CT molecular complexity index is 351. The number of aromatic nitrogens is 2. The smallest absolute Gasteiger partial charge is 0.357 e. The quantitative estimate of drug-likeness (QED) is 0.627. The molecule has 0 amide bonds. The molecule has 4 nitrogen and oxygen atoms in total. The highest BCUT2D eigenvalue weighted by molar-refractivity contribution is 9.10. The highest BCUT2D eigenvalue weighted by Crippen LogP contribution is 2.22. The van der Waals surface area contributed by atoms with Gasteiger partial charge in [0.15, 0.2) is 10.9 Å². The Balaban J connectivity index is 3.07. The summed E-state index contributed by atoms with van der Waals surface area (Å²) < 4.78 is 7.15. The number of halogens is 1. The molecule has 1 heterocycles. The minimum Gasteiger partial charge on any atom is -0.461 e. The van der Waals surface area contributed by atoms with Crippen molar-refractivity contribution in [1.29, 1.82) is 0 Å². The molecule has 14 heavy (non-hydrogen) atoms. The number of carbonyl (C=O) groups excluding carboxylic acids is 1. The van der Waals surface area contributed by atoms with Crippen molar-refractivity contribution in [2.75, 3.05) is 12.9 Å². The van der Waals surface area contributed by atoms with Crippen molar-refractivity contribution >= 4 is 33.7 Å². The van der Waals surface area contributed by atoms with Gasteiger partial charge >= 0.3 is 5.97 Å². The van der Waals surface area contributed by atoms with Crippen molar-refractivity contribution in [3.63, 3.8) is 0 Å². The molecule has 0 aliphatic heterocycles. The zero-order valence-electron chi connectivity index (χ0n) is 8.20. The number of imidazole rings is 1. The second kappa shape index (κ2) is 4.84. The lowest BCUT2D eigenvalue weighted by Crippen LogP contribution is -2.10. The van der Waals surface area contributed by atoms with Gasteiger partial charge in [0.05, 0.1) is 6.61 Å². The fourth-order valence-corrected chi connectivity index (χ4v) is 2.31. The number of nitrogens with zero attached hydrogens (tertiary/aromatic N) is 2. The van der Waals surface area contributed by atoms with Gasteiger partial charge in [-0.2, -0.15) is 0 Å². The van der Waals surface area contributed by atoms with Crippen molar-refractivity contribution in [2.45, 2.75) is 12.1 Å². The summed E-state index contributed by atoms with van der Waals surface area (Å²) in [5.74, 6) is -0.352. The lowest BCUT2D eigenvalue weighted by atomic mass is 10.5. The van der Waals surface area contributed by atoms with Gasteiger partial charge in [-0.25, -0.2) is 9.78 Å². The Labute approximate surface area is 95.2 Å². The average Bonchev–Trinajstić information content (AvgIpc) is 2.41. The van der Waals surface area contributed by atoms with Crippen LogP contribution in [0.4, 0.5) is 0 Å². The van der Waals surface area contributed by atoms with Gasteiger partial charge in [0.25, 0.3) is 0 Å². The molecule has 0 aliphatic rings. The molecule has 0 unspecified atom stereocenters. The van der Waals surface area contributed by atoms with Gasteiger partial charge in [-0.15, -0.1) is 0 Å². The van der Waals surface area contributed by atoms with Crippen LogP contribution >= 0.6 is 27.7 Å². The first-order valence-electron chi connectivity index (χ1n) is 4.05. The van der Waals surface area contributed by atoms with E-state index in [-0.39, 0.29) is 5.97 Å². The Morgan fingerprint density at radius 1 is 1.71 bits per heavy atom. The summed E-state index contributed by atoms with van der Waals surface area (Å²) in [6.07, 6.45) is 1.91. The number of ether oxygens (including phenoxy) is 1. The second-order valence-electron chi connectivity index (χ2n) is 2.52. The zero-order chi connectivity index (χ0) is 10.7. The van der Waals surface area contributed by atoms with Crippen LogP contribution in [0.15, 0.2) is 9.76 Å². The van der Waals surface area contributed by atoms with Crippen LogP contribution in [0.3, 0.4) is 0 Å². The van der Waals surface area contributed by atoms with E-state index in [1.807, 2.05) is 6.26 Å². The van der Waals surface area contributed by atoms with Crippen LogP contribution in [0, 0.1) is 0 Å². The fraction of sp³-hybridized carbons (Fsp3) is 0.500. The lowest BCUT2D eigenvalue weighted by Gasteiger charge is -2.03. The molecule has 0 bridgehead atoms. The topological polar surface area (TPSA) is 44.1 Å². The van der Waals surface area contributed by atoms with Gasteiger partial charge < -0.3 is 9.30 Å². The summed E-state index contributed by atoms with van der Waals surface area (Å²) in [5.41, 5.74) is 0.455. The molecule has 1 aromatic heterocycles. The molecule has 0 saturated carbocycles. The highest BCUT2D eigenvalue weighted by atomic mass is 79.9. The van der Waals surface area contributed by atoms with E-state index in [2.05, 4.69) is 20.9 Å². The Hall–Kier alpha value is -0.490. The fourth-order valence-electron chi connectivity index (χ4n) is 1.05. The normalized spacial score (nSPS) is 10.3. The van der Waals surface area contributed by atoms with E-state index in [4.69, 9.17) is 4.74 Å². The van der Waals surface area contributed by atoms with Crippen LogP contribution in [0.2, 0.25) is 0 Å². The molecule has 0 saturated heterocycles. The Morgan fingerprint density at radius 2 is 2.36 bits per heavy atom. The first kappa shape index (κ1) is 11.6. The predicted molar refractivity (Wildman–Crippen MR) is 58.6 cm³/mol. The third kappa shape index (κ3) is 2.12. The molecule has 1 aromatic rings. The Kier molecular flexibility index (Phi) is 4.00. The van der Waals surface area contributed by atoms with Gasteiger partial charge in [-0.05, 0) is 29.1 Å². The summed E-state index contributed by atoms with van der Waals surface area (Å²) in [5, 5.41) is 0.778. The molecule has 0 radical (unpaired) electrons. The van der Waals surface area contributed by atoms with Gasteiger partial charge in [0.2, 0.25) is 0 Å². The lowest BCUT2D eigenvalue weighted by molar-refractivity contribution is 0.0513. The first-order chi connectivity index (χ1) is 6.61. The van der Waals surface area contributed by atoms with Gasteiger partial charge in [0.1, 0.15) is 4.60 Å². The third-order valence-electron chi connectivity index (χ3n) is 1.66. The van der Waals surface area contributed by atoms with E-state index >= 15 is 0 Å². The maximum atomic E-state index is 11.5. The summed E-state index contributed by atoms with van der Waals surface area (Å²) in [7, 11) is 1.79. The van der Waals surface area contributed by atoms with E-state index in [0.717, 1.165) is 5.16 Å². The minimum absolute atomic E-state index is 0.352. The third-order valence-corrected chi connectivity index (χ3v) is 2.95. The van der Waals surface area contributed by atoms with Crippen LogP contribution in [-0.2, 0) is 11.8 Å². The van der Waals surface area contributed by atoms with E-state index in [1.165, 1.54) is 11.8 Å². The molecule has 1 rings (SSSR count). The van der Waals surface area contributed by atoms with Crippen molar-refractivity contribution in [3.05, 3.63) is 10.3 Å². The van der Waals surface area contributed by atoms with Crippen LogP contribution in [0.1, 0.15) is 17.4 Å². The number of rotatable bonds is 3. The maximum absolute atomic E-state index is 11.5. The zero-order valence-corrected chi connectivity index (χ0v) is 10.6. The second-order valence-corrected chi connectivity index (χ2v) is 4.04. The molecule has 0 spiro atoms. The van der Waals surface area contributed by atoms with E-state index < -0.39 is 0 Å². The van der Waals surface area contributed by atoms with Gasteiger partial charge in [0, 0.05) is 7.05 Å². The standard InChI is InChI=1S/C8H11BrN2O2S/c1-4-13-7(12)5-6(9)10-8(14-3)11(5)2/h4H2,1-3H3. The Morgan fingerprint density at radius 3 is 2.79 bits per heavy atom. The maximum Gasteiger partial charge on any atom is 0.357 e. The number of esters is 1. The molecule has 6 heteroatoms. The molecule has 0 aliphatic carbocycles. The molecular weight excluding hydrogens is 268 g/mol. The average molecular weight is 279 g/mol. The number of carbonyl (C=O) groups is 1. The number of hydrogen-bond acceptors (Lipinski definition) is 4. The van der Waals surface area contributed by atoms with Crippen molar-refractivity contribution in [1.82, 2.24) is 9.55 Å². The molecule has 0 atom stereocenters. The first-order valence-corrected chi connectivity index (χ1v) is 6.06. The molecular formula is C8H11BrN2O2S. The van der Waals surface area contributed by atoms with Gasteiger partial charge in [-0.3, -0.25) is 0 Å². The van der Waals surface area contributed by atoms with Crippen molar-refractivity contribution in [3.8, 4) is 0 Å². The van der Waals surface area contributed by atoms with Crippen molar-refractivity contribution < 1.29 is 9.53 Å². The van der Waals surface area contributed by atoms with Crippen LogP contribution in [0.25, 0.3) is 0 Å². The SMILES string of the molecule is CCOC(=O)c1c(Br)nc(SC)n1C. The number of hydrogen-bond donors (Lipinski definition) is 0. The highest BCUT2D eigenvalue weighted by Gasteiger charge is 2.19. The number of thioether (sulfide) groups is 1. The minimum atomic E-state index is -0.352. The van der Waals surface area contributed by atoms with E-state index in [9.17, 15) is 4.79 Å². The van der Waals surface area contributed by atoms with Crippen molar-refractivity contribution in [2.24, 2.45) is 7.05 Å². The molecule has 0 fully saturated rings. The molecule has 0 aromatic carbocycles. The summed E-state index contributed by atoms with van der Waals surface area (Å²) >= 11 is 4.71. The van der Waals surface area contributed by atoms with Crippen LogP contribution < -0.4 is 0 Å². The molecule has 78 valence electrons. The van der Waals surface area contributed by atoms with E-state index in [1.54, 1.807) is 18.5 Å². The summed E-state index contributed by atoms with van der Waals surface area (Å²) in [6.45, 7) is 2.14. The van der Waals surface area contributed by atoms with Crippen LogP contribution in [-0.4, -0.2) is 28.4 Å². The monoisotopic (exact) mass is 278 g/mol. The summed E-state index contributed by atoms with van der Waals surface area (Å²) in [6, 6.07) is 0. The summed E-state index contributed by atoms with van der Waals surface area (Å²) in [4.78, 5) is 15.7.